The lowest BCUT2D eigenvalue weighted by Crippen LogP contribution is -2.43. The van der Waals surface area contributed by atoms with Crippen molar-refractivity contribution in [3.05, 3.63) is 34.0 Å². The number of rotatable bonds is 8. The number of nitrogens with zero attached hydrogens (tertiary/aromatic N) is 11. The van der Waals surface area contributed by atoms with Crippen molar-refractivity contribution in [2.24, 2.45) is 36.6 Å². The van der Waals surface area contributed by atoms with E-state index in [1.54, 1.807) is 0 Å². The first-order chi connectivity index (χ1) is 33.2. The molecule has 0 aliphatic carbocycles. The minimum atomic E-state index is -6.30. The molecule has 0 fully saturated rings. The van der Waals surface area contributed by atoms with E-state index in [2.05, 4.69) is 60.2 Å². The second kappa shape index (κ2) is 19.0. The minimum absolute atomic E-state index is 0.130. The molecule has 0 spiro atoms. The summed E-state index contributed by atoms with van der Waals surface area (Å²) in [6, 6.07) is 0. The predicted molar refractivity (Wildman–Crippen MR) is 207 cm³/mol. The van der Waals surface area contributed by atoms with E-state index in [1.807, 2.05) is 0 Å². The van der Waals surface area contributed by atoms with E-state index < -0.39 is 161 Å². The van der Waals surface area contributed by atoms with E-state index in [0.29, 0.717) is 7.05 Å². The molecule has 2 atom stereocenters. The van der Waals surface area contributed by atoms with Crippen molar-refractivity contribution in [2.45, 2.75) is 118 Å². The fraction of sp³-hybridized carbons (Fsp3) is 0.688. The number of oxime groups is 3. The molecule has 0 bridgehead atoms. The second-order valence-corrected chi connectivity index (χ2v) is 22.7. The Bertz CT molecular complexity index is 3120. The van der Waals surface area contributed by atoms with Crippen LogP contribution in [0.4, 0.5) is 83.4 Å². The summed E-state index contributed by atoms with van der Waals surface area (Å²) in [6.45, 7) is 2.84. The molecule has 43 heteroatoms. The van der Waals surface area contributed by atoms with E-state index >= 15 is 0 Å². The maximum absolute atomic E-state index is 14.8. The molecule has 3 aliphatic rings. The van der Waals surface area contributed by atoms with Crippen LogP contribution in [-0.2, 0) is 99.5 Å². The SMILES string of the molecule is Cn1nc(C(F)(F)F)c(C(F)(F)S(=O)(=O)C2=NOC(C)(C)C2)n1.Cn1nc(C(F)(F)F)c(C(F)(F)S(=O)(=O)C2=NOC(C)(C)C2F)c1OC(F)F.Cn1nc(C(F)(F)F)c(C(F)(F)S(=O)(=O)C2=NOC(C)(C)C2F)n1. The van der Waals surface area contributed by atoms with Crippen molar-refractivity contribution < 1.29 is 128 Å². The van der Waals surface area contributed by atoms with Gasteiger partial charge in [-0.3, -0.25) is 0 Å². The number of hydrogen-bond acceptors (Lipinski definition) is 18. The predicted octanol–water partition coefficient (Wildman–Crippen LogP) is 6.53. The average molecular weight is 1190 g/mol. The minimum Gasteiger partial charge on any atom is -0.417 e. The summed E-state index contributed by atoms with van der Waals surface area (Å²) < 4.78 is 332. The van der Waals surface area contributed by atoms with Gasteiger partial charge in [0.15, 0.2) is 57.1 Å². The molecule has 0 saturated carbocycles. The summed E-state index contributed by atoms with van der Waals surface area (Å²) in [5.74, 6) is -1.87. The van der Waals surface area contributed by atoms with Crippen molar-refractivity contribution in [1.82, 2.24) is 39.8 Å². The van der Waals surface area contributed by atoms with Crippen LogP contribution in [0.2, 0.25) is 0 Å². The molecular weight excluding hydrogens is 1160 g/mol. The van der Waals surface area contributed by atoms with Gasteiger partial charge in [-0.1, -0.05) is 15.5 Å². The molecule has 0 saturated heterocycles. The van der Waals surface area contributed by atoms with Gasteiger partial charge >= 0.3 is 40.9 Å². The Kier molecular flexibility index (Phi) is 15.7. The maximum Gasteiger partial charge on any atom is 0.437 e. The summed E-state index contributed by atoms with van der Waals surface area (Å²) in [4.78, 5) is 13.8. The lowest BCUT2D eigenvalue weighted by molar-refractivity contribution is -0.144. The van der Waals surface area contributed by atoms with Crippen LogP contribution in [0, 0.1) is 0 Å². The highest BCUT2D eigenvalue weighted by molar-refractivity contribution is 8.07. The van der Waals surface area contributed by atoms with Crippen LogP contribution in [0.3, 0.4) is 0 Å². The maximum atomic E-state index is 14.8. The normalized spacial score (nSPS) is 20.2. The molecule has 0 amide bonds. The first-order valence-corrected chi connectivity index (χ1v) is 23.7. The van der Waals surface area contributed by atoms with Crippen molar-refractivity contribution >= 4 is 44.6 Å². The third-order valence-corrected chi connectivity index (χ3v) is 14.6. The molecule has 0 aromatic carbocycles. The van der Waals surface area contributed by atoms with Gasteiger partial charge in [-0.15, -0.1) is 10.2 Å². The van der Waals surface area contributed by atoms with E-state index in [9.17, 15) is 109 Å². The number of halogens is 19. The summed E-state index contributed by atoms with van der Waals surface area (Å²) in [5, 5.41) is 1.86. The summed E-state index contributed by atoms with van der Waals surface area (Å²) in [7, 11) is -15.6. The Balaban J connectivity index is 0.000000245. The van der Waals surface area contributed by atoms with Crippen LogP contribution in [0.5, 0.6) is 5.88 Å². The van der Waals surface area contributed by atoms with Crippen molar-refractivity contribution in [2.75, 3.05) is 0 Å². The third kappa shape index (κ3) is 11.4. The van der Waals surface area contributed by atoms with Gasteiger partial charge in [-0.05, 0) is 41.5 Å². The molecule has 6 heterocycles. The third-order valence-electron chi connectivity index (χ3n) is 9.51. The number of sulfone groups is 3. The summed E-state index contributed by atoms with van der Waals surface area (Å²) in [5.41, 5.74) is -18.5. The van der Waals surface area contributed by atoms with E-state index in [4.69, 9.17) is 0 Å². The van der Waals surface area contributed by atoms with Gasteiger partial charge in [0.05, 0.1) is 0 Å². The fourth-order valence-corrected chi connectivity index (χ4v) is 9.91. The Morgan fingerprint density at radius 2 is 0.867 bits per heavy atom. The molecule has 3 aromatic heterocycles. The van der Waals surface area contributed by atoms with Crippen LogP contribution in [-0.4, -0.2) is 116 Å². The van der Waals surface area contributed by atoms with Crippen molar-refractivity contribution in [3.63, 3.8) is 0 Å². The standard InChI is InChI=1S/C12H11F8N3O4S.C10H10F6N4O3S.C10H11F5N4O3S/c1-10(2)5(13)7(22-27-10)28(24,25)12(19,20)4-6(11(16,17)18)21-23(3)8(4)26-9(14)15;1-8(2)4(11)7(19-23-8)24(21,22)10(15,16)6-5(9(12,13)14)17-20(3)18-6;1-8(2)4-5(18-22-8)23(20,21)10(14,15)7-6(9(11,12)13)16-19(3)17-7/h5,9H,1-3H3;4H,1-3H3;4H2,1-3H3. The Hall–Kier alpha value is -5.78. The average Bonchev–Trinajstić information content (AvgIpc) is 4.07. The molecule has 0 N–H and O–H groups in total. The molecule has 3 aromatic rings. The summed E-state index contributed by atoms with van der Waals surface area (Å²) >= 11 is 0. The molecule has 2 unspecified atom stereocenters. The van der Waals surface area contributed by atoms with E-state index in [0.717, 1.165) is 41.8 Å². The van der Waals surface area contributed by atoms with Gasteiger partial charge in [0.25, 0.3) is 29.5 Å². The zero-order valence-electron chi connectivity index (χ0n) is 38.3. The highest BCUT2D eigenvalue weighted by atomic mass is 32.2. The zero-order chi connectivity index (χ0) is 58.4. The van der Waals surface area contributed by atoms with Gasteiger partial charge < -0.3 is 19.2 Å². The first-order valence-electron chi connectivity index (χ1n) is 19.2. The van der Waals surface area contributed by atoms with Gasteiger partial charge in [-0.2, -0.15) is 99.5 Å². The number of hydrogen-bond donors (Lipinski definition) is 0. The Morgan fingerprint density at radius 3 is 1.17 bits per heavy atom. The van der Waals surface area contributed by atoms with Crippen molar-refractivity contribution in [1.29, 1.82) is 0 Å². The second-order valence-electron chi connectivity index (χ2n) is 16.8. The van der Waals surface area contributed by atoms with E-state index in [1.165, 1.54) is 13.8 Å². The van der Waals surface area contributed by atoms with Gasteiger partial charge in [-0.25, -0.2) is 38.7 Å². The Morgan fingerprint density at radius 1 is 0.520 bits per heavy atom. The quantitative estimate of drug-likeness (QED) is 0.217. The molecule has 75 heavy (non-hydrogen) atoms. The van der Waals surface area contributed by atoms with Crippen molar-refractivity contribution in [3.8, 4) is 5.88 Å². The largest absolute Gasteiger partial charge is 0.437 e. The monoisotopic (exact) mass is 1190 g/mol. The van der Waals surface area contributed by atoms with E-state index in [-0.39, 0.29) is 14.3 Å². The van der Waals surface area contributed by atoms with Gasteiger partial charge in [0.2, 0.25) is 16.0 Å². The molecule has 21 nitrogen and oxygen atoms in total. The molecule has 6 rings (SSSR count). The first kappa shape index (κ1) is 61.8. The molecule has 426 valence electrons. The lowest BCUT2D eigenvalue weighted by Gasteiger charge is -2.21. The van der Waals surface area contributed by atoms with Gasteiger partial charge in [0.1, 0.15) is 11.2 Å². The smallest absolute Gasteiger partial charge is 0.417 e. The lowest BCUT2D eigenvalue weighted by atomic mass is 10.1. The molecule has 0 radical (unpaired) electrons. The van der Waals surface area contributed by atoms with Crippen LogP contribution >= 0.6 is 0 Å². The van der Waals surface area contributed by atoms with Crippen LogP contribution < -0.4 is 4.74 Å². The molecular formula is C32H32F19N11O10S3. The number of alkyl halides is 19. The highest BCUT2D eigenvalue weighted by Crippen LogP contribution is 2.50. The topological polar surface area (TPSA) is 256 Å². The molecule has 3 aliphatic heterocycles. The number of aryl methyl sites for hydroxylation is 3. The summed E-state index contributed by atoms with van der Waals surface area (Å²) in [6.07, 6.45) is -22.3. The highest BCUT2D eigenvalue weighted by Gasteiger charge is 2.65. The zero-order valence-corrected chi connectivity index (χ0v) is 40.8. The van der Waals surface area contributed by atoms with Gasteiger partial charge in [0, 0.05) is 27.6 Å². The van der Waals surface area contributed by atoms with Crippen LogP contribution in [0.15, 0.2) is 15.5 Å². The van der Waals surface area contributed by atoms with Crippen LogP contribution in [0.1, 0.15) is 82.0 Å². The van der Waals surface area contributed by atoms with Crippen LogP contribution in [0.25, 0.3) is 0 Å². The Labute approximate surface area is 406 Å². The fourth-order valence-electron chi connectivity index (χ4n) is 5.80. The number of aromatic nitrogens is 8. The number of ether oxygens (including phenoxy) is 1.